The molecule has 0 radical (unpaired) electrons. The number of rotatable bonds is 1. The molecule has 3 nitrogen and oxygen atoms in total. The molecule has 0 amide bonds. The summed E-state index contributed by atoms with van der Waals surface area (Å²) in [6.07, 6.45) is 3.17. The number of hydrogen-bond donors (Lipinski definition) is 1. The Labute approximate surface area is 91.5 Å². The van der Waals surface area contributed by atoms with E-state index in [1.165, 1.54) is 23.6 Å². The fourth-order valence-electron chi connectivity index (χ4n) is 2.04. The van der Waals surface area contributed by atoms with Crippen LogP contribution >= 0.6 is 11.8 Å². The van der Waals surface area contributed by atoms with E-state index >= 15 is 0 Å². The summed E-state index contributed by atoms with van der Waals surface area (Å²) in [6.45, 7) is 0. The van der Waals surface area contributed by atoms with Crippen LogP contribution in [0.1, 0.15) is 18.0 Å². The molecule has 0 spiro atoms. The fraction of sp³-hybridized carbons (Fsp3) is 0.364. The van der Waals surface area contributed by atoms with Crippen LogP contribution in [-0.4, -0.2) is 20.9 Å². The number of H-pyrrole nitrogens is 1. The normalized spacial score (nSPS) is 21.2. The minimum atomic E-state index is 0.0423. The molecule has 15 heavy (non-hydrogen) atoms. The van der Waals surface area contributed by atoms with E-state index in [2.05, 4.69) is 4.98 Å². The zero-order chi connectivity index (χ0) is 10.3. The first kappa shape index (κ1) is 9.09. The summed E-state index contributed by atoms with van der Waals surface area (Å²) < 4.78 is 1.69. The van der Waals surface area contributed by atoms with Crippen molar-refractivity contribution in [3.05, 3.63) is 40.4 Å². The molecule has 1 N–H and O–H groups in total. The predicted octanol–water partition coefficient (Wildman–Crippen LogP) is 1.85. The van der Waals surface area contributed by atoms with Crippen LogP contribution < -0.4 is 5.56 Å². The zero-order valence-electron chi connectivity index (χ0n) is 8.27. The van der Waals surface area contributed by atoms with Gasteiger partial charge in [-0.3, -0.25) is 9.20 Å². The van der Waals surface area contributed by atoms with Crippen molar-refractivity contribution in [2.24, 2.45) is 0 Å². The standard InChI is InChI=1S/C11H12N2OS/c14-11-3-1-2-10-12-9(6-13(10)11)8-4-5-15-7-8/h1-3,6,8,12H,4-5,7H2. The minimum absolute atomic E-state index is 0.0423. The predicted molar refractivity (Wildman–Crippen MR) is 62.7 cm³/mol. The zero-order valence-corrected chi connectivity index (χ0v) is 9.09. The topological polar surface area (TPSA) is 37.3 Å². The van der Waals surface area contributed by atoms with Crippen molar-refractivity contribution in [2.45, 2.75) is 12.3 Å². The molecule has 4 heteroatoms. The van der Waals surface area contributed by atoms with Crippen molar-refractivity contribution in [3.63, 3.8) is 0 Å². The maximum absolute atomic E-state index is 11.5. The number of pyridine rings is 1. The number of imidazole rings is 1. The first-order valence-electron chi connectivity index (χ1n) is 5.12. The van der Waals surface area contributed by atoms with Crippen molar-refractivity contribution in [1.29, 1.82) is 0 Å². The molecule has 3 heterocycles. The Morgan fingerprint density at radius 1 is 1.47 bits per heavy atom. The quantitative estimate of drug-likeness (QED) is 0.796. The second-order valence-electron chi connectivity index (χ2n) is 3.89. The molecule has 1 aliphatic heterocycles. The second kappa shape index (κ2) is 3.45. The largest absolute Gasteiger partial charge is 0.343 e. The van der Waals surface area contributed by atoms with Crippen molar-refractivity contribution in [1.82, 2.24) is 9.38 Å². The monoisotopic (exact) mass is 220 g/mol. The molecule has 0 bridgehead atoms. The highest BCUT2D eigenvalue weighted by Crippen LogP contribution is 2.31. The van der Waals surface area contributed by atoms with E-state index in [1.54, 1.807) is 16.5 Å². The molecule has 2 aromatic heterocycles. The number of fused-ring (bicyclic) bond motifs is 1. The van der Waals surface area contributed by atoms with Gasteiger partial charge >= 0.3 is 0 Å². The Hall–Kier alpha value is -1.16. The highest BCUT2D eigenvalue weighted by molar-refractivity contribution is 7.99. The third kappa shape index (κ3) is 1.49. The Kier molecular flexibility index (Phi) is 2.09. The van der Waals surface area contributed by atoms with Gasteiger partial charge in [0, 0.05) is 29.6 Å². The summed E-state index contributed by atoms with van der Waals surface area (Å²) in [6, 6.07) is 5.32. The molecule has 1 saturated heterocycles. The van der Waals surface area contributed by atoms with E-state index in [4.69, 9.17) is 0 Å². The third-order valence-electron chi connectivity index (χ3n) is 2.90. The highest BCUT2D eigenvalue weighted by Gasteiger charge is 2.19. The number of hydrogen-bond acceptors (Lipinski definition) is 2. The summed E-state index contributed by atoms with van der Waals surface area (Å²) in [5, 5.41) is 0. The van der Waals surface area contributed by atoms with Crippen molar-refractivity contribution < 1.29 is 0 Å². The molecule has 0 aliphatic carbocycles. The molecule has 0 aromatic carbocycles. The average Bonchev–Trinajstić information content (AvgIpc) is 2.86. The van der Waals surface area contributed by atoms with Gasteiger partial charge in [-0.15, -0.1) is 0 Å². The number of nitrogens with zero attached hydrogens (tertiary/aromatic N) is 1. The molecular formula is C11H12N2OS. The van der Waals surface area contributed by atoms with Crippen LogP contribution in [-0.2, 0) is 0 Å². The Morgan fingerprint density at radius 2 is 2.40 bits per heavy atom. The lowest BCUT2D eigenvalue weighted by atomic mass is 10.1. The van der Waals surface area contributed by atoms with Gasteiger partial charge in [-0.1, -0.05) is 6.07 Å². The molecule has 1 aliphatic rings. The first-order valence-corrected chi connectivity index (χ1v) is 6.28. The van der Waals surface area contributed by atoms with Crippen LogP contribution in [0.25, 0.3) is 5.65 Å². The van der Waals surface area contributed by atoms with Gasteiger partial charge in [0.2, 0.25) is 0 Å². The van der Waals surface area contributed by atoms with E-state index in [-0.39, 0.29) is 5.56 Å². The minimum Gasteiger partial charge on any atom is -0.343 e. The van der Waals surface area contributed by atoms with Gasteiger partial charge in [0.1, 0.15) is 5.65 Å². The lowest BCUT2D eigenvalue weighted by Crippen LogP contribution is -2.08. The molecular weight excluding hydrogens is 208 g/mol. The Balaban J connectivity index is 2.13. The second-order valence-corrected chi connectivity index (χ2v) is 5.04. The van der Waals surface area contributed by atoms with Crippen LogP contribution in [0.2, 0.25) is 0 Å². The summed E-state index contributed by atoms with van der Waals surface area (Å²) in [5.74, 6) is 2.99. The van der Waals surface area contributed by atoms with Crippen molar-refractivity contribution in [3.8, 4) is 0 Å². The number of aromatic nitrogens is 2. The average molecular weight is 220 g/mol. The van der Waals surface area contributed by atoms with Gasteiger partial charge in [0.05, 0.1) is 0 Å². The Bertz CT molecular complexity index is 537. The summed E-state index contributed by atoms with van der Waals surface area (Å²) in [5.41, 5.74) is 2.14. The van der Waals surface area contributed by atoms with Gasteiger partial charge in [-0.2, -0.15) is 11.8 Å². The lowest BCUT2D eigenvalue weighted by Gasteiger charge is -2.02. The van der Waals surface area contributed by atoms with E-state index in [0.717, 1.165) is 5.65 Å². The number of aromatic amines is 1. The van der Waals surface area contributed by atoms with E-state index in [1.807, 2.05) is 24.0 Å². The van der Waals surface area contributed by atoms with Crippen LogP contribution in [0.3, 0.4) is 0 Å². The lowest BCUT2D eigenvalue weighted by molar-refractivity contribution is 0.759. The van der Waals surface area contributed by atoms with Gasteiger partial charge < -0.3 is 4.98 Å². The maximum Gasteiger partial charge on any atom is 0.256 e. The van der Waals surface area contributed by atoms with Crippen LogP contribution in [0, 0.1) is 0 Å². The van der Waals surface area contributed by atoms with E-state index < -0.39 is 0 Å². The molecule has 1 fully saturated rings. The van der Waals surface area contributed by atoms with Gasteiger partial charge in [-0.05, 0) is 18.2 Å². The van der Waals surface area contributed by atoms with Gasteiger partial charge in [0.15, 0.2) is 0 Å². The van der Waals surface area contributed by atoms with Gasteiger partial charge in [0.25, 0.3) is 5.56 Å². The summed E-state index contributed by atoms with van der Waals surface area (Å²) in [4.78, 5) is 14.9. The third-order valence-corrected chi connectivity index (χ3v) is 4.06. The van der Waals surface area contributed by atoms with Crippen LogP contribution in [0.15, 0.2) is 29.2 Å². The highest BCUT2D eigenvalue weighted by atomic mass is 32.2. The van der Waals surface area contributed by atoms with Crippen LogP contribution in [0.4, 0.5) is 0 Å². The van der Waals surface area contributed by atoms with E-state index in [0.29, 0.717) is 5.92 Å². The molecule has 0 saturated carbocycles. The first-order chi connectivity index (χ1) is 7.34. The molecule has 3 rings (SSSR count). The van der Waals surface area contributed by atoms with E-state index in [9.17, 15) is 4.79 Å². The molecule has 1 unspecified atom stereocenters. The van der Waals surface area contributed by atoms with Crippen molar-refractivity contribution >= 4 is 17.4 Å². The SMILES string of the molecule is O=c1cccc2[nH]c(C3CCSC3)cn12. The Morgan fingerprint density at radius 3 is 3.13 bits per heavy atom. The number of nitrogens with one attached hydrogen (secondary N) is 1. The van der Waals surface area contributed by atoms with Crippen LogP contribution in [0.5, 0.6) is 0 Å². The van der Waals surface area contributed by atoms with Crippen molar-refractivity contribution in [2.75, 3.05) is 11.5 Å². The number of thioether (sulfide) groups is 1. The fourth-order valence-corrected chi connectivity index (χ4v) is 3.29. The summed E-state index contributed by atoms with van der Waals surface area (Å²) in [7, 11) is 0. The molecule has 2 aromatic rings. The molecule has 78 valence electrons. The maximum atomic E-state index is 11.5. The summed E-state index contributed by atoms with van der Waals surface area (Å²) >= 11 is 1.98. The smallest absolute Gasteiger partial charge is 0.256 e. The molecule has 1 atom stereocenters. The van der Waals surface area contributed by atoms with Gasteiger partial charge in [-0.25, -0.2) is 0 Å².